The molecule has 1 aromatic heterocycles. The van der Waals surface area contributed by atoms with Crippen molar-refractivity contribution in [3.8, 4) is 0 Å². The van der Waals surface area contributed by atoms with E-state index in [-0.39, 0.29) is 30.5 Å². The number of hydrogen-bond donors (Lipinski definition) is 1. The first-order chi connectivity index (χ1) is 23.5. The third kappa shape index (κ3) is 12.5. The molecule has 2 heterocycles. The topological polar surface area (TPSA) is 177 Å². The quantitative estimate of drug-likeness (QED) is 0.154. The number of carbonyl (C=O) groups excluding carboxylic acids is 2. The standard InChI is InChI=1S/C28H29F3N6O7S.C3H7NO/c1-27(39,19-35-17-24(37(42)43)32-25(35)45-23-10-8-22(9-11-23)36(40)41)18-33-12-14-34(15-13-33)26(38)44-16-2-3-20-4-6-21(7-5-20)28(29,30)31;1-4(2)3-5/h2-11,17,39H,12-16,18-19H2,1H3;3H,1-2H3/t27-;/m0./s1. The Bertz CT molecular complexity index is 1640. The van der Waals surface area contributed by atoms with Gasteiger partial charge in [0.1, 0.15) is 12.8 Å². The summed E-state index contributed by atoms with van der Waals surface area (Å²) in [5.74, 6) is -0.406. The normalized spacial score (nSPS) is 14.7. The van der Waals surface area contributed by atoms with E-state index in [1.807, 2.05) is 4.90 Å². The molecule has 1 aliphatic rings. The second-order valence-electron chi connectivity index (χ2n) is 11.5. The number of carbonyl (C=O) groups is 2. The number of alkyl halides is 3. The Morgan fingerprint density at radius 2 is 1.62 bits per heavy atom. The molecule has 1 aliphatic heterocycles. The lowest BCUT2D eigenvalue weighted by Gasteiger charge is -2.37. The molecule has 50 heavy (non-hydrogen) atoms. The van der Waals surface area contributed by atoms with Gasteiger partial charge in [0.15, 0.2) is 0 Å². The molecular weight excluding hydrogens is 687 g/mol. The highest BCUT2D eigenvalue weighted by Gasteiger charge is 2.32. The zero-order chi connectivity index (χ0) is 37.1. The van der Waals surface area contributed by atoms with Crippen LogP contribution < -0.4 is 0 Å². The number of rotatable bonds is 12. The van der Waals surface area contributed by atoms with E-state index in [4.69, 9.17) is 4.74 Å². The van der Waals surface area contributed by atoms with E-state index >= 15 is 0 Å². The molecule has 1 N–H and O–H groups in total. The van der Waals surface area contributed by atoms with E-state index in [1.54, 1.807) is 27.1 Å². The number of aromatic nitrogens is 2. The van der Waals surface area contributed by atoms with Gasteiger partial charge in [-0.3, -0.25) is 24.4 Å². The van der Waals surface area contributed by atoms with Crippen LogP contribution in [0.25, 0.3) is 6.08 Å². The Labute approximate surface area is 289 Å². The molecule has 2 amide bonds. The molecule has 0 aliphatic carbocycles. The minimum absolute atomic E-state index is 0.0311. The summed E-state index contributed by atoms with van der Waals surface area (Å²) in [4.78, 5) is 52.6. The van der Waals surface area contributed by atoms with Gasteiger partial charge >= 0.3 is 18.1 Å². The molecule has 2 aromatic carbocycles. The Hall–Kier alpha value is -5.01. The number of nitrogens with zero attached hydrogens (tertiary/aromatic N) is 7. The lowest BCUT2D eigenvalue weighted by atomic mass is 10.1. The molecule has 0 spiro atoms. The number of amides is 2. The number of halogens is 3. The lowest BCUT2D eigenvalue weighted by molar-refractivity contribution is -0.389. The molecule has 4 rings (SSSR count). The lowest BCUT2D eigenvalue weighted by Crippen LogP contribution is -2.53. The van der Waals surface area contributed by atoms with E-state index in [2.05, 4.69) is 4.98 Å². The van der Waals surface area contributed by atoms with Crippen LogP contribution in [0.2, 0.25) is 0 Å². The van der Waals surface area contributed by atoms with Crippen LogP contribution in [0.1, 0.15) is 18.1 Å². The molecule has 1 fully saturated rings. The summed E-state index contributed by atoms with van der Waals surface area (Å²) in [6.07, 6.45) is 0.0997. The number of benzene rings is 2. The average molecular weight is 724 g/mol. The van der Waals surface area contributed by atoms with Crippen LogP contribution in [0.15, 0.2) is 70.9 Å². The maximum Gasteiger partial charge on any atom is 0.416 e. The first-order valence-electron chi connectivity index (χ1n) is 14.9. The summed E-state index contributed by atoms with van der Waals surface area (Å²) in [6.45, 7) is 3.21. The van der Waals surface area contributed by atoms with E-state index in [9.17, 15) is 48.1 Å². The van der Waals surface area contributed by atoms with Crippen LogP contribution in [-0.4, -0.2) is 111 Å². The Morgan fingerprint density at radius 1 is 1.02 bits per heavy atom. The maximum atomic E-state index is 12.7. The van der Waals surface area contributed by atoms with Crippen molar-refractivity contribution in [1.82, 2.24) is 24.3 Å². The summed E-state index contributed by atoms with van der Waals surface area (Å²) >= 11 is 1.07. The van der Waals surface area contributed by atoms with Gasteiger partial charge in [-0.05, 0) is 64.5 Å². The molecule has 15 nitrogen and oxygen atoms in total. The van der Waals surface area contributed by atoms with Crippen molar-refractivity contribution in [2.75, 3.05) is 53.4 Å². The number of piperazine rings is 1. The first-order valence-corrected chi connectivity index (χ1v) is 15.7. The zero-order valence-electron chi connectivity index (χ0n) is 27.4. The van der Waals surface area contributed by atoms with Gasteiger partial charge < -0.3 is 29.8 Å². The van der Waals surface area contributed by atoms with E-state index in [0.717, 1.165) is 30.3 Å². The highest BCUT2D eigenvalue weighted by molar-refractivity contribution is 7.99. The molecule has 1 saturated heterocycles. The van der Waals surface area contributed by atoms with Gasteiger partial charge in [-0.2, -0.15) is 13.2 Å². The van der Waals surface area contributed by atoms with Gasteiger partial charge in [0, 0.05) is 63.8 Å². The largest absolute Gasteiger partial charge is 0.445 e. The summed E-state index contributed by atoms with van der Waals surface area (Å²) in [5, 5.41) is 33.8. The molecule has 1 atom stereocenters. The van der Waals surface area contributed by atoms with Crippen molar-refractivity contribution in [3.05, 3.63) is 92.2 Å². The fourth-order valence-electron chi connectivity index (χ4n) is 4.58. The van der Waals surface area contributed by atoms with Crippen LogP contribution in [0, 0.1) is 20.2 Å². The predicted molar refractivity (Wildman–Crippen MR) is 176 cm³/mol. The highest BCUT2D eigenvalue weighted by Crippen LogP contribution is 2.32. The van der Waals surface area contributed by atoms with Gasteiger partial charge in [-0.25, -0.2) is 4.79 Å². The third-order valence-electron chi connectivity index (χ3n) is 6.94. The summed E-state index contributed by atoms with van der Waals surface area (Å²) in [6, 6.07) is 10.2. The SMILES string of the molecule is CN(C)C=O.C[C@](O)(CN1CCN(C(=O)OCC=Cc2ccc(C(F)(F)F)cc2)CC1)Cn1cc([N+](=O)[O-])nc1Sc1ccc([N+](=O)[O-])cc1. The Morgan fingerprint density at radius 3 is 2.14 bits per heavy atom. The van der Waals surface area contributed by atoms with E-state index < -0.39 is 39.1 Å². The number of hydrogen-bond acceptors (Lipinski definition) is 11. The van der Waals surface area contributed by atoms with Crippen molar-refractivity contribution < 1.29 is 42.5 Å². The monoisotopic (exact) mass is 723 g/mol. The first kappa shape index (κ1) is 39.4. The van der Waals surface area contributed by atoms with Crippen LogP contribution >= 0.6 is 11.8 Å². The molecule has 270 valence electrons. The van der Waals surface area contributed by atoms with Gasteiger partial charge in [-0.1, -0.05) is 18.2 Å². The number of non-ortho nitro benzene ring substituents is 1. The maximum absolute atomic E-state index is 12.7. The molecule has 0 bridgehead atoms. The number of nitro groups is 2. The summed E-state index contributed by atoms with van der Waals surface area (Å²) in [5.41, 5.74) is -1.66. The smallest absolute Gasteiger partial charge is 0.416 e. The molecule has 19 heteroatoms. The molecular formula is C31H36F3N7O8S. The number of imidazole rings is 1. The van der Waals surface area contributed by atoms with Crippen molar-refractivity contribution in [1.29, 1.82) is 0 Å². The molecule has 0 unspecified atom stereocenters. The van der Waals surface area contributed by atoms with Crippen molar-refractivity contribution in [2.45, 2.75) is 35.3 Å². The zero-order valence-corrected chi connectivity index (χ0v) is 28.2. The fourth-order valence-corrected chi connectivity index (χ4v) is 5.43. The van der Waals surface area contributed by atoms with Crippen LogP contribution in [0.3, 0.4) is 0 Å². The van der Waals surface area contributed by atoms with Gasteiger partial charge in [0.2, 0.25) is 6.41 Å². The van der Waals surface area contributed by atoms with Gasteiger partial charge in [-0.15, -0.1) is 0 Å². The third-order valence-corrected chi connectivity index (χ3v) is 7.96. The number of nitro benzene ring substituents is 1. The van der Waals surface area contributed by atoms with Crippen molar-refractivity contribution in [2.24, 2.45) is 0 Å². The van der Waals surface area contributed by atoms with E-state index in [0.29, 0.717) is 36.6 Å². The number of aliphatic hydroxyl groups is 1. The fraction of sp³-hybridized carbons (Fsp3) is 0.387. The summed E-state index contributed by atoms with van der Waals surface area (Å²) < 4.78 is 44.8. The minimum atomic E-state index is -4.41. The van der Waals surface area contributed by atoms with Gasteiger partial charge in [0.25, 0.3) is 10.8 Å². The highest BCUT2D eigenvalue weighted by atomic mass is 32.2. The number of β-amino-alcohol motifs (C(OH)–C–C–N with tert-alkyl or cyclic N) is 1. The second kappa shape index (κ2) is 17.6. The summed E-state index contributed by atoms with van der Waals surface area (Å²) in [7, 11) is 3.38. The van der Waals surface area contributed by atoms with Crippen LogP contribution in [0.4, 0.5) is 29.5 Å². The van der Waals surface area contributed by atoms with Crippen molar-refractivity contribution in [3.63, 3.8) is 0 Å². The van der Waals surface area contributed by atoms with Crippen LogP contribution in [-0.2, 0) is 22.3 Å². The predicted octanol–water partition coefficient (Wildman–Crippen LogP) is 4.79. The number of ether oxygens (including phenoxy) is 1. The second-order valence-corrected chi connectivity index (χ2v) is 12.6. The van der Waals surface area contributed by atoms with E-state index in [1.165, 1.54) is 63.0 Å². The molecule has 0 saturated carbocycles. The Kier molecular flexibility index (Phi) is 13.9. The Balaban J connectivity index is 0.00000126. The van der Waals surface area contributed by atoms with Crippen LogP contribution in [0.5, 0.6) is 0 Å². The van der Waals surface area contributed by atoms with Gasteiger partial charge in [0.05, 0.1) is 22.6 Å². The average Bonchev–Trinajstić information content (AvgIpc) is 3.44. The molecule has 0 radical (unpaired) electrons. The molecule has 3 aromatic rings. The minimum Gasteiger partial charge on any atom is -0.445 e. The van der Waals surface area contributed by atoms with Crippen molar-refractivity contribution >= 4 is 41.8 Å².